The summed E-state index contributed by atoms with van der Waals surface area (Å²) >= 11 is 6.24. The molecule has 3 aromatic carbocycles. The van der Waals surface area contributed by atoms with Crippen molar-refractivity contribution in [3.05, 3.63) is 95.0 Å². The summed E-state index contributed by atoms with van der Waals surface area (Å²) in [5.74, 6) is 0.427. The first-order valence-electron chi connectivity index (χ1n) is 8.90. The zero-order valence-electron chi connectivity index (χ0n) is 16.1. The summed E-state index contributed by atoms with van der Waals surface area (Å²) < 4.78 is 5.17. The van der Waals surface area contributed by atoms with Crippen molar-refractivity contribution in [2.75, 3.05) is 7.11 Å². The molecule has 0 fully saturated rings. The number of benzene rings is 3. The first-order chi connectivity index (χ1) is 15.2. The van der Waals surface area contributed by atoms with Gasteiger partial charge in [-0.1, -0.05) is 11.6 Å². The second-order valence-electron chi connectivity index (χ2n) is 6.67. The molecule has 160 valence electrons. The van der Waals surface area contributed by atoms with E-state index in [1.807, 2.05) is 0 Å². The lowest BCUT2D eigenvalue weighted by atomic mass is 10.0. The number of fused-ring (bicyclic) bond motifs is 3. The molecule has 4 rings (SSSR count). The Morgan fingerprint density at radius 1 is 0.812 bits per heavy atom. The fourth-order valence-electron chi connectivity index (χ4n) is 3.48. The number of ether oxygens (including phenoxy) is 1. The molecule has 0 unspecified atom stereocenters. The monoisotopic (exact) mass is 454 g/mol. The van der Waals surface area contributed by atoms with Crippen LogP contribution in [0.3, 0.4) is 0 Å². The smallest absolute Gasteiger partial charge is 0.284 e. The topological polar surface area (TPSA) is 151 Å². The average molecular weight is 455 g/mol. The van der Waals surface area contributed by atoms with Crippen molar-refractivity contribution in [3.8, 4) is 16.9 Å². The van der Waals surface area contributed by atoms with Crippen molar-refractivity contribution in [1.82, 2.24) is 0 Å². The zero-order chi connectivity index (χ0) is 23.2. The Balaban J connectivity index is 2.10. The standard InChI is InChI=1S/C20H11ClN4O7/c1-32-12-3-5-16(21)17(9-12)22-20-14-6-10(23(26)27)2-4-13(14)19-15(20)7-11(24(28)29)8-18(19)25(30)31/h2-9H,1H3. The number of hydrogen-bond acceptors (Lipinski definition) is 8. The highest BCUT2D eigenvalue weighted by Gasteiger charge is 2.36. The van der Waals surface area contributed by atoms with Crippen LogP contribution in [-0.4, -0.2) is 27.6 Å². The van der Waals surface area contributed by atoms with Gasteiger partial charge in [0.25, 0.3) is 17.1 Å². The number of rotatable bonds is 5. The van der Waals surface area contributed by atoms with Gasteiger partial charge in [0.2, 0.25) is 0 Å². The van der Waals surface area contributed by atoms with E-state index in [1.165, 1.54) is 37.4 Å². The molecule has 0 saturated heterocycles. The molecule has 0 aliphatic heterocycles. The van der Waals surface area contributed by atoms with Gasteiger partial charge in [0.05, 0.1) is 49.9 Å². The fourth-order valence-corrected chi connectivity index (χ4v) is 3.64. The average Bonchev–Trinajstić information content (AvgIpc) is 3.07. The predicted octanol–water partition coefficient (Wildman–Crippen LogP) is 5.22. The lowest BCUT2D eigenvalue weighted by Crippen LogP contribution is -2.01. The van der Waals surface area contributed by atoms with E-state index in [4.69, 9.17) is 16.3 Å². The number of aliphatic imine (C=N–C) groups is 1. The summed E-state index contributed by atoms with van der Waals surface area (Å²) in [7, 11) is 1.44. The van der Waals surface area contributed by atoms with Gasteiger partial charge in [-0.15, -0.1) is 0 Å². The summed E-state index contributed by atoms with van der Waals surface area (Å²) in [6.07, 6.45) is 0. The zero-order valence-corrected chi connectivity index (χ0v) is 16.9. The van der Waals surface area contributed by atoms with Crippen molar-refractivity contribution in [2.24, 2.45) is 4.99 Å². The third-order valence-corrected chi connectivity index (χ3v) is 5.21. The molecule has 1 aliphatic carbocycles. The Hall–Kier alpha value is -4.38. The second kappa shape index (κ2) is 7.71. The Morgan fingerprint density at radius 3 is 2.12 bits per heavy atom. The Bertz CT molecular complexity index is 1370. The quantitative estimate of drug-likeness (QED) is 0.296. The van der Waals surface area contributed by atoms with Crippen LogP contribution >= 0.6 is 11.6 Å². The maximum atomic E-state index is 11.7. The summed E-state index contributed by atoms with van der Waals surface area (Å²) in [5, 5.41) is 34.7. The van der Waals surface area contributed by atoms with Gasteiger partial charge in [-0.2, -0.15) is 0 Å². The van der Waals surface area contributed by atoms with Gasteiger partial charge in [-0.05, 0) is 23.8 Å². The van der Waals surface area contributed by atoms with Crippen molar-refractivity contribution in [2.45, 2.75) is 0 Å². The minimum atomic E-state index is -0.755. The maximum absolute atomic E-state index is 11.7. The van der Waals surface area contributed by atoms with Crippen molar-refractivity contribution >= 4 is 40.1 Å². The van der Waals surface area contributed by atoms with E-state index in [9.17, 15) is 30.3 Å². The number of hydrogen-bond donors (Lipinski definition) is 0. The minimum absolute atomic E-state index is 0.0839. The van der Waals surface area contributed by atoms with Crippen LogP contribution < -0.4 is 4.74 Å². The first-order valence-corrected chi connectivity index (χ1v) is 9.27. The molecule has 0 saturated carbocycles. The van der Waals surface area contributed by atoms with Gasteiger partial charge in [0, 0.05) is 35.4 Å². The van der Waals surface area contributed by atoms with E-state index in [1.54, 1.807) is 6.07 Å². The molecule has 0 heterocycles. The first kappa shape index (κ1) is 20.9. The molecule has 0 amide bonds. The molecule has 0 N–H and O–H groups in total. The molecule has 0 bridgehead atoms. The third kappa shape index (κ3) is 3.40. The lowest BCUT2D eigenvalue weighted by molar-refractivity contribution is -0.393. The SMILES string of the molecule is COc1ccc(Cl)c(N=C2c3cc([N+](=O)[O-])ccc3-c3c2cc([N+](=O)[O-])cc3[N+](=O)[O-])c1. The molecule has 0 spiro atoms. The Morgan fingerprint density at radius 2 is 1.50 bits per heavy atom. The third-order valence-electron chi connectivity index (χ3n) is 4.89. The molecule has 0 atom stereocenters. The van der Waals surface area contributed by atoms with E-state index in [-0.39, 0.29) is 38.8 Å². The maximum Gasteiger partial charge on any atom is 0.284 e. The van der Waals surface area contributed by atoms with Crippen LogP contribution in [0, 0.1) is 30.3 Å². The van der Waals surface area contributed by atoms with E-state index < -0.39 is 26.1 Å². The van der Waals surface area contributed by atoms with Crippen LogP contribution in [0.4, 0.5) is 22.7 Å². The summed E-state index contributed by atoms with van der Waals surface area (Å²) in [4.78, 5) is 36.8. The highest BCUT2D eigenvalue weighted by Crippen LogP contribution is 2.46. The van der Waals surface area contributed by atoms with Crippen LogP contribution in [0.2, 0.25) is 5.02 Å². The molecular formula is C20H11ClN4O7. The number of nitro groups is 3. The van der Waals surface area contributed by atoms with Crippen LogP contribution in [0.15, 0.2) is 53.5 Å². The summed E-state index contributed by atoms with van der Waals surface area (Å²) in [6, 6.07) is 10.4. The van der Waals surface area contributed by atoms with Gasteiger partial charge in [-0.25, -0.2) is 4.99 Å². The van der Waals surface area contributed by atoms with E-state index >= 15 is 0 Å². The molecular weight excluding hydrogens is 444 g/mol. The molecule has 0 aromatic heterocycles. The number of halogens is 1. The van der Waals surface area contributed by atoms with E-state index in [2.05, 4.69) is 4.99 Å². The van der Waals surface area contributed by atoms with Gasteiger partial charge in [0.1, 0.15) is 5.75 Å². The lowest BCUT2D eigenvalue weighted by Gasteiger charge is -2.06. The molecule has 3 aromatic rings. The molecule has 32 heavy (non-hydrogen) atoms. The molecule has 11 nitrogen and oxygen atoms in total. The van der Waals surface area contributed by atoms with Gasteiger partial charge < -0.3 is 4.74 Å². The van der Waals surface area contributed by atoms with E-state index in [0.717, 1.165) is 12.1 Å². The predicted molar refractivity (Wildman–Crippen MR) is 115 cm³/mol. The number of nitro benzene ring substituents is 3. The fraction of sp³-hybridized carbons (Fsp3) is 0.0500. The van der Waals surface area contributed by atoms with Crippen molar-refractivity contribution < 1.29 is 19.5 Å². The largest absolute Gasteiger partial charge is 0.497 e. The minimum Gasteiger partial charge on any atom is -0.497 e. The van der Waals surface area contributed by atoms with Gasteiger partial charge >= 0.3 is 0 Å². The van der Waals surface area contributed by atoms with Crippen LogP contribution in [0.5, 0.6) is 5.75 Å². The van der Waals surface area contributed by atoms with Gasteiger partial charge in [-0.3, -0.25) is 30.3 Å². The highest BCUT2D eigenvalue weighted by molar-refractivity contribution is 6.34. The van der Waals surface area contributed by atoms with Crippen molar-refractivity contribution in [3.63, 3.8) is 0 Å². The van der Waals surface area contributed by atoms with Crippen LogP contribution in [0.25, 0.3) is 11.1 Å². The highest BCUT2D eigenvalue weighted by atomic mass is 35.5. The molecule has 1 aliphatic rings. The summed E-state index contributed by atoms with van der Waals surface area (Å²) in [5.41, 5.74) is -0.280. The van der Waals surface area contributed by atoms with Crippen molar-refractivity contribution in [1.29, 1.82) is 0 Å². The second-order valence-corrected chi connectivity index (χ2v) is 7.07. The Kier molecular flexibility index (Phi) is 5.03. The van der Waals surface area contributed by atoms with E-state index in [0.29, 0.717) is 11.3 Å². The molecule has 0 radical (unpaired) electrons. The van der Waals surface area contributed by atoms with Gasteiger partial charge in [0.15, 0.2) is 0 Å². The number of non-ortho nitro benzene ring substituents is 2. The Labute approximate surface area is 184 Å². The number of nitrogens with zero attached hydrogens (tertiary/aromatic N) is 4. The van der Waals surface area contributed by atoms with Crippen LogP contribution in [-0.2, 0) is 0 Å². The number of methoxy groups -OCH3 is 1. The summed E-state index contributed by atoms with van der Waals surface area (Å²) in [6.45, 7) is 0. The molecule has 12 heteroatoms. The normalized spacial score (nSPS) is 12.9. The van der Waals surface area contributed by atoms with Crippen LogP contribution in [0.1, 0.15) is 11.1 Å².